The summed E-state index contributed by atoms with van der Waals surface area (Å²) < 4.78 is 57.1. The summed E-state index contributed by atoms with van der Waals surface area (Å²) in [5, 5.41) is 9.90. The van der Waals surface area contributed by atoms with Gasteiger partial charge < -0.3 is 9.84 Å². The fourth-order valence-electron chi connectivity index (χ4n) is 2.56. The van der Waals surface area contributed by atoms with Crippen molar-refractivity contribution in [2.24, 2.45) is 0 Å². The largest absolute Gasteiger partial charge is 0.507 e. The lowest BCUT2D eigenvalue weighted by molar-refractivity contribution is 0.0597. The average Bonchev–Trinajstić information content (AvgIpc) is 3.14. The van der Waals surface area contributed by atoms with E-state index in [1.807, 2.05) is 0 Å². The van der Waals surface area contributed by atoms with E-state index in [4.69, 9.17) is 0 Å². The van der Waals surface area contributed by atoms with E-state index in [1.165, 1.54) is 30.3 Å². The van der Waals surface area contributed by atoms with Gasteiger partial charge >= 0.3 is 5.97 Å². The maximum Gasteiger partial charge on any atom is 0.341 e. The summed E-state index contributed by atoms with van der Waals surface area (Å²) >= 11 is 0.820. The molecular formula is C19H14F2O5S2. The number of thiophene rings is 1. The summed E-state index contributed by atoms with van der Waals surface area (Å²) in [6.45, 7) is 0. The Hall–Kier alpha value is -2.78. The fourth-order valence-corrected chi connectivity index (χ4v) is 5.30. The molecule has 0 aliphatic heterocycles. The van der Waals surface area contributed by atoms with Crippen LogP contribution in [0.25, 0.3) is 10.4 Å². The highest BCUT2D eigenvalue weighted by atomic mass is 32.2. The van der Waals surface area contributed by atoms with Gasteiger partial charge in [0.2, 0.25) is 0 Å². The van der Waals surface area contributed by atoms with Crippen LogP contribution in [0.5, 0.6) is 5.75 Å². The molecule has 0 atom stereocenters. The SMILES string of the molecule is COC(=O)c1ccc(CS(=O)(=O)c2ccc(-c3cc(F)ccc3F)s2)cc1O. The molecule has 0 bridgehead atoms. The van der Waals surface area contributed by atoms with Crippen LogP contribution in [-0.4, -0.2) is 26.6 Å². The van der Waals surface area contributed by atoms with Crippen molar-refractivity contribution >= 4 is 27.1 Å². The van der Waals surface area contributed by atoms with Crippen molar-refractivity contribution in [2.45, 2.75) is 9.96 Å². The number of sulfone groups is 1. The Kier molecular flexibility index (Phi) is 5.48. The molecule has 1 N–H and O–H groups in total. The van der Waals surface area contributed by atoms with Gasteiger partial charge in [-0.25, -0.2) is 22.0 Å². The van der Waals surface area contributed by atoms with Gasteiger partial charge in [-0.3, -0.25) is 0 Å². The van der Waals surface area contributed by atoms with Crippen LogP contribution in [0.4, 0.5) is 8.78 Å². The maximum absolute atomic E-state index is 13.9. The molecule has 28 heavy (non-hydrogen) atoms. The molecule has 146 valence electrons. The van der Waals surface area contributed by atoms with Gasteiger partial charge in [-0.1, -0.05) is 6.07 Å². The number of ether oxygens (including phenoxy) is 1. The number of hydrogen-bond acceptors (Lipinski definition) is 6. The van der Waals surface area contributed by atoms with E-state index >= 15 is 0 Å². The van der Waals surface area contributed by atoms with Crippen LogP contribution in [-0.2, 0) is 20.3 Å². The second kappa shape index (κ2) is 7.69. The molecule has 9 heteroatoms. The number of phenols is 1. The molecule has 0 radical (unpaired) electrons. The van der Waals surface area contributed by atoms with Gasteiger partial charge in [-0.05, 0) is 48.0 Å². The molecule has 3 aromatic rings. The monoisotopic (exact) mass is 424 g/mol. The van der Waals surface area contributed by atoms with Crippen LogP contribution in [0, 0.1) is 11.6 Å². The van der Waals surface area contributed by atoms with Gasteiger partial charge in [-0.15, -0.1) is 11.3 Å². The fraction of sp³-hybridized carbons (Fsp3) is 0.105. The van der Waals surface area contributed by atoms with E-state index in [0.717, 1.165) is 36.6 Å². The van der Waals surface area contributed by atoms with Crippen molar-refractivity contribution in [3.8, 4) is 16.2 Å². The Morgan fingerprint density at radius 3 is 2.54 bits per heavy atom. The number of phenolic OH excluding ortho intramolecular Hbond substituents is 1. The molecule has 0 aliphatic carbocycles. The third-order valence-electron chi connectivity index (χ3n) is 3.91. The van der Waals surface area contributed by atoms with Crippen LogP contribution in [0.2, 0.25) is 0 Å². The number of rotatable bonds is 5. The normalized spacial score (nSPS) is 11.4. The Bertz CT molecular complexity index is 1150. The number of benzene rings is 2. The molecule has 0 fully saturated rings. The molecule has 1 heterocycles. The molecular weight excluding hydrogens is 410 g/mol. The summed E-state index contributed by atoms with van der Waals surface area (Å²) in [7, 11) is -2.64. The minimum Gasteiger partial charge on any atom is -0.507 e. The first-order valence-corrected chi connectivity index (χ1v) is 10.4. The molecule has 0 spiro atoms. The van der Waals surface area contributed by atoms with Crippen molar-refractivity contribution in [1.82, 2.24) is 0 Å². The van der Waals surface area contributed by atoms with Crippen molar-refractivity contribution in [3.63, 3.8) is 0 Å². The molecule has 0 amide bonds. The molecule has 0 saturated carbocycles. The van der Waals surface area contributed by atoms with Crippen molar-refractivity contribution in [1.29, 1.82) is 0 Å². The van der Waals surface area contributed by atoms with Gasteiger partial charge in [0, 0.05) is 10.4 Å². The van der Waals surface area contributed by atoms with Crippen molar-refractivity contribution in [2.75, 3.05) is 7.11 Å². The Morgan fingerprint density at radius 2 is 1.86 bits per heavy atom. The minimum absolute atomic E-state index is 0.0217. The van der Waals surface area contributed by atoms with Crippen LogP contribution in [0.3, 0.4) is 0 Å². The maximum atomic E-state index is 13.9. The van der Waals surface area contributed by atoms with Crippen LogP contribution < -0.4 is 0 Å². The molecule has 0 unspecified atom stereocenters. The standard InChI is InChI=1S/C19H14F2O5S2/c1-26-19(23)13-4-2-11(8-16(13)22)10-28(24,25)18-7-6-17(27-18)14-9-12(20)3-5-15(14)21/h2-9,22H,10H2,1H3. The molecule has 0 saturated heterocycles. The number of methoxy groups -OCH3 is 1. The van der Waals surface area contributed by atoms with E-state index in [1.54, 1.807) is 0 Å². The lowest BCUT2D eigenvalue weighted by Gasteiger charge is -2.06. The number of aromatic hydroxyl groups is 1. The molecule has 3 rings (SSSR count). The quantitative estimate of drug-likeness (QED) is 0.622. The number of halogens is 2. The second-order valence-corrected chi connectivity index (χ2v) is 9.15. The number of carbonyl (C=O) groups is 1. The number of carbonyl (C=O) groups excluding carboxylic acids is 1. The summed E-state index contributed by atoms with van der Waals surface area (Å²) in [6, 6.07) is 9.53. The van der Waals surface area contributed by atoms with E-state index in [9.17, 15) is 27.1 Å². The first-order valence-electron chi connectivity index (χ1n) is 7.89. The summed E-state index contributed by atoms with van der Waals surface area (Å²) in [5.41, 5.74) is 0.159. The zero-order valence-electron chi connectivity index (χ0n) is 14.5. The molecule has 5 nitrogen and oxygen atoms in total. The topological polar surface area (TPSA) is 80.7 Å². The zero-order chi connectivity index (χ0) is 20.5. The predicted molar refractivity (Wildman–Crippen MR) is 100 cm³/mol. The van der Waals surface area contributed by atoms with Crippen LogP contribution >= 0.6 is 11.3 Å². The Balaban J connectivity index is 1.88. The number of hydrogen-bond donors (Lipinski definition) is 1. The molecule has 2 aromatic carbocycles. The third-order valence-corrected chi connectivity index (χ3v) is 7.29. The zero-order valence-corrected chi connectivity index (χ0v) is 16.1. The van der Waals surface area contributed by atoms with E-state index in [0.29, 0.717) is 0 Å². The van der Waals surface area contributed by atoms with Gasteiger partial charge in [0.25, 0.3) is 0 Å². The molecule has 0 aliphatic rings. The molecule has 1 aromatic heterocycles. The van der Waals surface area contributed by atoms with E-state index < -0.39 is 38.9 Å². The first-order chi connectivity index (χ1) is 13.2. The van der Waals surface area contributed by atoms with Gasteiger partial charge in [0.05, 0.1) is 12.9 Å². The Morgan fingerprint density at radius 1 is 1.11 bits per heavy atom. The first kappa shape index (κ1) is 20.0. The summed E-state index contributed by atoms with van der Waals surface area (Å²) in [6.07, 6.45) is 0. The van der Waals surface area contributed by atoms with Crippen molar-refractivity contribution in [3.05, 3.63) is 71.3 Å². The average molecular weight is 424 g/mol. The predicted octanol–water partition coefficient (Wildman–Crippen LogP) is 4.16. The van der Waals surface area contributed by atoms with Crippen LogP contribution in [0.1, 0.15) is 15.9 Å². The highest BCUT2D eigenvalue weighted by Crippen LogP contribution is 2.34. The number of esters is 1. The smallest absolute Gasteiger partial charge is 0.341 e. The van der Waals surface area contributed by atoms with Gasteiger partial charge in [-0.2, -0.15) is 0 Å². The third kappa shape index (κ3) is 4.05. The van der Waals surface area contributed by atoms with Gasteiger partial charge in [0.15, 0.2) is 9.84 Å². The summed E-state index contributed by atoms with van der Waals surface area (Å²) in [5.74, 6) is -2.86. The minimum atomic E-state index is -3.80. The second-order valence-electron chi connectivity index (χ2n) is 5.85. The van der Waals surface area contributed by atoms with Crippen molar-refractivity contribution < 1.29 is 31.8 Å². The lowest BCUT2D eigenvalue weighted by Crippen LogP contribution is -2.05. The Labute approximate surface area is 163 Å². The highest BCUT2D eigenvalue weighted by Gasteiger charge is 2.21. The van der Waals surface area contributed by atoms with Crippen LogP contribution in [0.15, 0.2) is 52.7 Å². The van der Waals surface area contributed by atoms with E-state index in [-0.39, 0.29) is 25.8 Å². The lowest BCUT2D eigenvalue weighted by atomic mass is 10.1. The van der Waals surface area contributed by atoms with E-state index in [2.05, 4.69) is 4.74 Å². The summed E-state index contributed by atoms with van der Waals surface area (Å²) in [4.78, 5) is 11.8. The van der Waals surface area contributed by atoms with Gasteiger partial charge in [0.1, 0.15) is 27.2 Å². The highest BCUT2D eigenvalue weighted by molar-refractivity contribution is 7.92.